The molecule has 1 saturated heterocycles. The maximum absolute atomic E-state index is 13.1. The molecule has 12 nitrogen and oxygen atoms in total. The first-order valence-corrected chi connectivity index (χ1v) is 14.9. The number of nitrogens with one attached hydrogen (secondary N) is 1. The van der Waals surface area contributed by atoms with Gasteiger partial charge in [-0.2, -0.15) is 0 Å². The summed E-state index contributed by atoms with van der Waals surface area (Å²) in [5.41, 5.74) is 12.4. The SMILES string of the molecule is Cl.Cl.N=C(N)c1cccc(/C=C/CN(c2ccc(OC3CCN(C4=NCCC4)CC3)c(C(N)=O)c2)S(=O)(=O)CC(=O)O)c1. The molecule has 234 valence electrons. The topological polar surface area (TPSA) is 192 Å². The summed E-state index contributed by atoms with van der Waals surface area (Å²) in [7, 11) is -4.33. The molecule has 15 heteroatoms. The number of anilines is 1. The van der Waals surface area contributed by atoms with E-state index in [-0.39, 0.29) is 60.3 Å². The van der Waals surface area contributed by atoms with Gasteiger partial charge in [-0.15, -0.1) is 24.8 Å². The number of carbonyl (C=O) groups is 2. The van der Waals surface area contributed by atoms with Crippen LogP contribution in [0.2, 0.25) is 0 Å². The van der Waals surface area contributed by atoms with Gasteiger partial charge in [-0.05, 0) is 36.2 Å². The van der Waals surface area contributed by atoms with Gasteiger partial charge in [-0.25, -0.2) is 8.42 Å². The van der Waals surface area contributed by atoms with Crippen molar-refractivity contribution in [1.29, 1.82) is 5.41 Å². The fraction of sp³-hybridized carbons (Fsp3) is 0.357. The highest BCUT2D eigenvalue weighted by atomic mass is 35.5. The Kier molecular flexibility index (Phi) is 12.8. The first-order valence-electron chi connectivity index (χ1n) is 13.3. The van der Waals surface area contributed by atoms with Gasteiger partial charge in [-0.3, -0.25) is 24.3 Å². The third-order valence-corrected chi connectivity index (χ3v) is 8.53. The van der Waals surface area contributed by atoms with Gasteiger partial charge in [0.1, 0.15) is 17.7 Å². The molecule has 0 radical (unpaired) electrons. The number of halogens is 2. The molecule has 0 atom stereocenters. The lowest BCUT2D eigenvalue weighted by atomic mass is 10.1. The predicted octanol–water partition coefficient (Wildman–Crippen LogP) is 2.88. The first kappa shape index (κ1) is 35.4. The minimum absolute atomic E-state index is 0. The van der Waals surface area contributed by atoms with Crippen molar-refractivity contribution in [2.75, 3.05) is 36.2 Å². The molecule has 4 rings (SSSR count). The number of primary amides is 1. The molecule has 1 amide bonds. The van der Waals surface area contributed by atoms with Gasteiger partial charge >= 0.3 is 5.97 Å². The average Bonchev–Trinajstić information content (AvgIpc) is 3.46. The highest BCUT2D eigenvalue weighted by Crippen LogP contribution is 2.30. The summed E-state index contributed by atoms with van der Waals surface area (Å²) < 4.78 is 33.2. The number of likely N-dealkylation sites (tertiary alicyclic amines) is 1. The number of carboxylic acid groups (broad SMARTS) is 1. The lowest BCUT2D eigenvalue weighted by molar-refractivity contribution is -0.134. The Morgan fingerprint density at radius 1 is 1.14 bits per heavy atom. The number of benzene rings is 2. The Hall–Kier alpha value is -3.81. The predicted molar refractivity (Wildman–Crippen MR) is 171 cm³/mol. The number of piperidine rings is 1. The van der Waals surface area contributed by atoms with E-state index in [2.05, 4.69) is 9.89 Å². The number of sulfonamides is 1. The maximum Gasteiger partial charge on any atom is 0.320 e. The van der Waals surface area contributed by atoms with E-state index >= 15 is 0 Å². The highest BCUT2D eigenvalue weighted by molar-refractivity contribution is 7.93. The number of amides is 1. The van der Waals surface area contributed by atoms with Crippen LogP contribution < -0.4 is 20.5 Å². The summed E-state index contributed by atoms with van der Waals surface area (Å²) in [6.07, 6.45) is 6.53. The molecule has 0 aromatic heterocycles. The van der Waals surface area contributed by atoms with Crippen LogP contribution in [0.4, 0.5) is 5.69 Å². The van der Waals surface area contributed by atoms with Crippen molar-refractivity contribution < 1.29 is 27.9 Å². The number of amidine groups is 2. The second kappa shape index (κ2) is 15.6. The zero-order valence-corrected chi connectivity index (χ0v) is 25.8. The Bertz CT molecular complexity index is 1490. The molecule has 0 saturated carbocycles. The van der Waals surface area contributed by atoms with Crippen LogP contribution in [0.5, 0.6) is 5.75 Å². The monoisotopic (exact) mass is 654 g/mol. The molecule has 2 aromatic carbocycles. The lowest BCUT2D eigenvalue weighted by Gasteiger charge is -2.34. The van der Waals surface area contributed by atoms with Crippen LogP contribution in [0, 0.1) is 5.41 Å². The molecule has 6 N–H and O–H groups in total. The van der Waals surface area contributed by atoms with Crippen LogP contribution in [0.1, 0.15) is 47.2 Å². The lowest BCUT2D eigenvalue weighted by Crippen LogP contribution is -2.41. The van der Waals surface area contributed by atoms with Crippen molar-refractivity contribution in [3.8, 4) is 5.75 Å². The summed E-state index contributed by atoms with van der Waals surface area (Å²) in [6.45, 7) is 2.22. The number of ether oxygens (including phenoxy) is 1. The molecular weight excluding hydrogens is 619 g/mol. The summed E-state index contributed by atoms with van der Waals surface area (Å²) in [6, 6.07) is 11.1. The zero-order chi connectivity index (χ0) is 29.6. The first-order chi connectivity index (χ1) is 19.5. The number of rotatable bonds is 11. The van der Waals surface area contributed by atoms with Gasteiger partial charge in [0.25, 0.3) is 5.91 Å². The number of nitrogen functional groups attached to an aromatic ring is 1. The number of carboxylic acids is 1. The molecule has 0 spiro atoms. The van der Waals surface area contributed by atoms with Crippen molar-refractivity contribution >= 4 is 70.1 Å². The van der Waals surface area contributed by atoms with Crippen molar-refractivity contribution in [1.82, 2.24) is 4.90 Å². The average molecular weight is 656 g/mol. The quantitative estimate of drug-likeness (QED) is 0.210. The summed E-state index contributed by atoms with van der Waals surface area (Å²) in [4.78, 5) is 30.6. The molecule has 2 aliphatic rings. The van der Waals surface area contributed by atoms with Crippen molar-refractivity contribution in [3.05, 3.63) is 65.2 Å². The number of hydrogen-bond acceptors (Lipinski definition) is 8. The zero-order valence-electron chi connectivity index (χ0n) is 23.3. The van der Waals surface area contributed by atoms with Gasteiger partial charge < -0.3 is 26.2 Å². The molecule has 2 heterocycles. The van der Waals surface area contributed by atoms with Crippen LogP contribution in [0.15, 0.2) is 53.5 Å². The summed E-state index contributed by atoms with van der Waals surface area (Å²) >= 11 is 0. The van der Waals surface area contributed by atoms with E-state index in [1.807, 2.05) is 0 Å². The molecule has 1 fully saturated rings. The summed E-state index contributed by atoms with van der Waals surface area (Å²) in [5, 5.41) is 16.8. The van der Waals surface area contributed by atoms with E-state index in [1.165, 1.54) is 24.3 Å². The Balaban J connectivity index is 0.00000323. The van der Waals surface area contributed by atoms with E-state index < -0.39 is 27.7 Å². The van der Waals surface area contributed by atoms with Crippen LogP contribution in [-0.2, 0) is 14.8 Å². The third kappa shape index (κ3) is 9.34. The van der Waals surface area contributed by atoms with Gasteiger partial charge in [0.15, 0.2) is 5.75 Å². The standard InChI is InChI=1S/C28H34N6O6S.2ClH/c29-27(30)20-6-1-4-19(16-20)5-3-13-34(41(38,39)18-26(35)36)21-8-9-24(23(17-21)28(31)37)40-22-10-14-33(15-11-22)25-7-2-12-32-25;;/h1,3-6,8-9,16-17,22H,2,7,10-15,18H2,(H3,29,30)(H2,31,37)(H,35,36);2*1H/b5-3+;;. The summed E-state index contributed by atoms with van der Waals surface area (Å²) in [5.74, 6) is -2.20. The number of nitrogens with two attached hydrogens (primary N) is 2. The van der Waals surface area contributed by atoms with E-state index in [9.17, 15) is 23.1 Å². The van der Waals surface area contributed by atoms with Crippen molar-refractivity contribution in [2.45, 2.75) is 31.8 Å². The number of carbonyl (C=O) groups excluding carboxylic acids is 1. The van der Waals surface area contributed by atoms with E-state index in [1.54, 1.807) is 30.3 Å². The molecule has 0 unspecified atom stereocenters. The fourth-order valence-electron chi connectivity index (χ4n) is 4.87. The Labute approximate surface area is 263 Å². The number of aliphatic carboxylic acids is 1. The van der Waals surface area contributed by atoms with Crippen LogP contribution in [0.25, 0.3) is 6.08 Å². The maximum atomic E-state index is 13.1. The molecule has 43 heavy (non-hydrogen) atoms. The van der Waals surface area contributed by atoms with Crippen molar-refractivity contribution in [3.63, 3.8) is 0 Å². The van der Waals surface area contributed by atoms with E-state index in [4.69, 9.17) is 21.6 Å². The number of aliphatic imine (C=N–C) groups is 1. The minimum atomic E-state index is -4.33. The highest BCUT2D eigenvalue weighted by Gasteiger charge is 2.28. The molecule has 0 aliphatic carbocycles. The van der Waals surface area contributed by atoms with Crippen LogP contribution in [-0.4, -0.2) is 80.0 Å². The normalized spacial score (nSPS) is 15.3. The molecular formula is C28H36Cl2N6O6S. The van der Waals surface area contributed by atoms with Gasteiger partial charge in [0.2, 0.25) is 10.0 Å². The molecule has 2 aromatic rings. The van der Waals surface area contributed by atoms with Gasteiger partial charge in [0.05, 0.1) is 23.6 Å². The Morgan fingerprint density at radius 3 is 2.47 bits per heavy atom. The molecule has 0 bridgehead atoms. The Morgan fingerprint density at radius 2 is 1.86 bits per heavy atom. The van der Waals surface area contributed by atoms with E-state index in [0.717, 1.165) is 55.5 Å². The minimum Gasteiger partial charge on any atom is -0.489 e. The van der Waals surface area contributed by atoms with E-state index in [0.29, 0.717) is 11.1 Å². The van der Waals surface area contributed by atoms with Gasteiger partial charge in [0, 0.05) is 44.5 Å². The van der Waals surface area contributed by atoms with Crippen LogP contribution in [0.3, 0.4) is 0 Å². The largest absolute Gasteiger partial charge is 0.489 e. The second-order valence-corrected chi connectivity index (χ2v) is 11.8. The van der Waals surface area contributed by atoms with Crippen molar-refractivity contribution in [2.24, 2.45) is 16.5 Å². The van der Waals surface area contributed by atoms with Crippen LogP contribution >= 0.6 is 24.8 Å². The number of hydrogen-bond donors (Lipinski definition) is 4. The molecule has 2 aliphatic heterocycles. The van der Waals surface area contributed by atoms with Gasteiger partial charge in [-0.1, -0.05) is 30.4 Å². The smallest absolute Gasteiger partial charge is 0.320 e. The second-order valence-electron chi connectivity index (χ2n) is 9.87. The number of nitrogens with zero attached hydrogens (tertiary/aromatic N) is 3. The fourth-order valence-corrected chi connectivity index (χ4v) is 6.09. The third-order valence-electron chi connectivity index (χ3n) is 6.89.